The van der Waals surface area contributed by atoms with Crippen molar-refractivity contribution >= 4 is 25.2 Å². The molecule has 0 aliphatic carbocycles. The molecule has 2 rings (SSSR count). The van der Waals surface area contributed by atoms with Crippen LogP contribution in [-0.4, -0.2) is 0 Å². The Morgan fingerprint density at radius 2 is 2.06 bits per heavy atom. The number of ether oxygens (including phenoxy) is 1. The fourth-order valence-corrected chi connectivity index (χ4v) is 1.46. The van der Waals surface area contributed by atoms with Gasteiger partial charge in [0, 0.05) is 5.75 Å². The number of para-hydroxylation sites is 1. The van der Waals surface area contributed by atoms with Gasteiger partial charge in [-0.2, -0.15) is 18.2 Å². The standard InChI is InChI=1S/C13H9ClFO.BrH.Zn/c14-12-8-10(6-7-13(12)15)9-16-11-4-2-1-3-5-11;;/h1-4,6-8H,9H2;1H;/q-1;;+2/p-1. The van der Waals surface area contributed by atoms with Crippen LogP contribution in [0.15, 0.2) is 42.5 Å². The Hall–Kier alpha value is -0.437. The Bertz CT molecular complexity index is 482. The van der Waals surface area contributed by atoms with Crippen molar-refractivity contribution in [3.8, 4) is 5.75 Å². The summed E-state index contributed by atoms with van der Waals surface area (Å²) in [6.45, 7) is 0.348. The van der Waals surface area contributed by atoms with Crippen molar-refractivity contribution in [1.82, 2.24) is 0 Å². The van der Waals surface area contributed by atoms with Crippen LogP contribution in [0, 0.1) is 11.9 Å². The molecule has 0 fully saturated rings. The van der Waals surface area contributed by atoms with Gasteiger partial charge in [-0.1, -0.05) is 17.7 Å². The monoisotopic (exact) mass is 378 g/mol. The summed E-state index contributed by atoms with van der Waals surface area (Å²) in [5.74, 6) is 0.236. The third-order valence-corrected chi connectivity index (χ3v) is 2.35. The van der Waals surface area contributed by atoms with Crippen LogP contribution >= 0.6 is 25.2 Å². The summed E-state index contributed by atoms with van der Waals surface area (Å²) in [5.41, 5.74) is 0.823. The second kappa shape index (κ2) is 8.63. The van der Waals surface area contributed by atoms with E-state index in [9.17, 15) is 4.39 Å². The van der Waals surface area contributed by atoms with Crippen molar-refractivity contribution in [2.75, 3.05) is 0 Å². The van der Waals surface area contributed by atoms with Crippen LogP contribution in [0.3, 0.4) is 0 Å². The van der Waals surface area contributed by atoms with Gasteiger partial charge in [0.1, 0.15) is 12.4 Å². The van der Waals surface area contributed by atoms with Crippen LogP contribution < -0.4 is 4.74 Å². The van der Waals surface area contributed by atoms with Crippen molar-refractivity contribution < 1.29 is 25.5 Å². The second-order valence-corrected chi connectivity index (χ2v) is 3.67. The van der Waals surface area contributed by atoms with Crippen LogP contribution in [0.1, 0.15) is 5.56 Å². The van der Waals surface area contributed by atoms with Gasteiger partial charge < -0.3 is 4.74 Å². The molecule has 0 spiro atoms. The van der Waals surface area contributed by atoms with E-state index >= 15 is 0 Å². The van der Waals surface area contributed by atoms with E-state index in [-0.39, 0.29) is 5.02 Å². The second-order valence-electron chi connectivity index (χ2n) is 3.26. The molecular weight excluding hydrogens is 372 g/mol. The normalized spacial score (nSPS) is 9.39. The van der Waals surface area contributed by atoms with E-state index in [0.29, 0.717) is 12.4 Å². The quantitative estimate of drug-likeness (QED) is 0.554. The minimum absolute atomic E-state index is 0.109. The molecule has 0 aliphatic rings. The number of benzene rings is 2. The zero-order valence-corrected chi connectivity index (χ0v) is 14.8. The first-order chi connectivity index (χ1) is 8.75. The molecule has 90 valence electrons. The summed E-state index contributed by atoms with van der Waals surface area (Å²) in [6, 6.07) is 14.8. The summed E-state index contributed by atoms with van der Waals surface area (Å²) in [7, 11) is 0. The van der Waals surface area contributed by atoms with Crippen LogP contribution in [0.5, 0.6) is 5.75 Å². The summed E-state index contributed by atoms with van der Waals surface area (Å²) in [6.07, 6.45) is 0. The molecule has 0 saturated heterocycles. The Morgan fingerprint density at radius 1 is 1.28 bits per heavy atom. The van der Waals surface area contributed by atoms with Gasteiger partial charge in [0.25, 0.3) is 0 Å². The molecule has 2 aromatic rings. The molecular formula is C13H9BrClFOZn. The van der Waals surface area contributed by atoms with Crippen LogP contribution in [-0.2, 0) is 22.9 Å². The zero-order chi connectivity index (χ0) is 13.4. The van der Waals surface area contributed by atoms with E-state index in [4.69, 9.17) is 16.3 Å². The van der Waals surface area contributed by atoms with Crippen molar-refractivity contribution in [3.63, 3.8) is 0 Å². The fraction of sp³-hybridized carbons (Fsp3) is 0.0769. The van der Waals surface area contributed by atoms with Gasteiger partial charge in [-0.15, -0.1) is 12.1 Å². The van der Waals surface area contributed by atoms with E-state index in [1.165, 1.54) is 22.4 Å². The first kappa shape index (κ1) is 15.6. The Labute approximate surface area is 127 Å². The van der Waals surface area contributed by atoms with Gasteiger partial charge in [0.15, 0.2) is 0 Å². The van der Waals surface area contributed by atoms with E-state index < -0.39 is 5.82 Å². The van der Waals surface area contributed by atoms with Crippen molar-refractivity contribution in [2.24, 2.45) is 0 Å². The molecule has 0 radical (unpaired) electrons. The average Bonchev–Trinajstić information content (AvgIpc) is 2.44. The molecule has 0 heterocycles. The summed E-state index contributed by atoms with van der Waals surface area (Å²) >= 11 is 9.91. The predicted octanol–water partition coefficient (Wildman–Crippen LogP) is 4.70. The predicted molar refractivity (Wildman–Crippen MR) is 69.9 cm³/mol. The van der Waals surface area contributed by atoms with E-state index in [0.717, 1.165) is 5.56 Å². The molecule has 0 aliphatic heterocycles. The molecule has 0 aromatic heterocycles. The van der Waals surface area contributed by atoms with Gasteiger partial charge in [0.05, 0.1) is 5.02 Å². The molecule has 0 atom stereocenters. The molecule has 0 N–H and O–H groups in total. The first-order valence-corrected chi connectivity index (χ1v) is 12.4. The maximum atomic E-state index is 12.9. The van der Waals surface area contributed by atoms with Gasteiger partial charge >= 0.3 is 30.0 Å². The Balaban J connectivity index is 0.000000771. The zero-order valence-electron chi connectivity index (χ0n) is 9.50. The third kappa shape index (κ3) is 5.05. The minimum atomic E-state index is -0.420. The number of halogens is 3. The Morgan fingerprint density at radius 3 is 2.67 bits per heavy atom. The van der Waals surface area contributed by atoms with Crippen molar-refractivity contribution in [2.45, 2.75) is 6.61 Å². The number of hydrogen-bond acceptors (Lipinski definition) is 1. The van der Waals surface area contributed by atoms with Gasteiger partial charge in [0.2, 0.25) is 0 Å². The van der Waals surface area contributed by atoms with Crippen LogP contribution in [0.25, 0.3) is 0 Å². The molecule has 5 heteroatoms. The van der Waals surface area contributed by atoms with Gasteiger partial charge in [-0.25, -0.2) is 4.39 Å². The molecule has 0 bridgehead atoms. The molecule has 2 aromatic carbocycles. The molecule has 0 unspecified atom stereocenters. The van der Waals surface area contributed by atoms with E-state index in [1.807, 2.05) is 18.2 Å². The maximum absolute atomic E-state index is 12.9. The molecule has 1 nitrogen and oxygen atoms in total. The van der Waals surface area contributed by atoms with Gasteiger partial charge in [-0.3, -0.25) is 0 Å². The SMILES string of the molecule is Fc1ccc(COc2[c-]cccc2)cc1Cl.[Zn+][Br]. The van der Waals surface area contributed by atoms with Crippen LogP contribution in [0.4, 0.5) is 4.39 Å². The average molecular weight is 381 g/mol. The summed E-state index contributed by atoms with van der Waals surface area (Å²) in [5, 5.41) is 0.109. The van der Waals surface area contributed by atoms with Crippen molar-refractivity contribution in [1.29, 1.82) is 0 Å². The Kier molecular flexibility index (Phi) is 7.49. The third-order valence-electron chi connectivity index (χ3n) is 2.06. The summed E-state index contributed by atoms with van der Waals surface area (Å²) < 4.78 is 18.3. The fourth-order valence-electron chi connectivity index (χ4n) is 1.26. The first-order valence-electron chi connectivity index (χ1n) is 5.06. The number of rotatable bonds is 3. The van der Waals surface area contributed by atoms with Crippen molar-refractivity contribution in [3.05, 3.63) is 64.9 Å². The van der Waals surface area contributed by atoms with Gasteiger partial charge in [-0.05, 0) is 17.7 Å². The number of hydrogen-bond donors (Lipinski definition) is 0. The molecule has 0 saturated carbocycles. The molecule has 0 amide bonds. The van der Waals surface area contributed by atoms with E-state index in [1.54, 1.807) is 18.2 Å². The molecule has 18 heavy (non-hydrogen) atoms. The topological polar surface area (TPSA) is 9.23 Å². The van der Waals surface area contributed by atoms with E-state index in [2.05, 4.69) is 19.7 Å². The van der Waals surface area contributed by atoms with Crippen LogP contribution in [0.2, 0.25) is 5.02 Å². The summed E-state index contributed by atoms with van der Waals surface area (Å²) in [4.78, 5) is 0.